The van der Waals surface area contributed by atoms with Crippen molar-refractivity contribution in [3.8, 4) is 44.5 Å². The highest BCUT2D eigenvalue weighted by atomic mass is 19.2. The predicted octanol–water partition coefficient (Wildman–Crippen LogP) is 13.6. The standard InChI is InChI=1S/C52H30F20N6/c1-77(2)9-13-15(11-77)51-28(27-35(59)43(67)48(72)44(68)36(27)60)52-16-12-78(3,4)10-14(16)50(76-52)23(26-33(57)41(65)47(71)42(66)34(26)58)20-8-6-18(74-20)21(24-29(53)37(61)45(69)38(62)30(24)54)17-5-7-19(73-17)22(49(13)75-51)25-31(55)39(63)46(70)40(64)32(25)56/h5-8,13-16,73,76H,9-12H2,1-4H3/q+2/t13-,14-,15+,16+/m0/s1. The first-order valence-electron chi connectivity index (χ1n) is 23.0. The van der Waals surface area contributed by atoms with Crippen LogP contribution in [0, 0.1) is 116 Å². The number of nitrogens with one attached hydrogen (secondary N) is 2. The van der Waals surface area contributed by atoms with Crippen LogP contribution < -0.4 is 0 Å². The van der Waals surface area contributed by atoms with E-state index in [0.717, 1.165) is 6.07 Å². The van der Waals surface area contributed by atoms with E-state index in [4.69, 9.17) is 0 Å². The summed E-state index contributed by atoms with van der Waals surface area (Å²) >= 11 is 0. The van der Waals surface area contributed by atoms with E-state index >= 15 is 70.2 Å². The number of rotatable bonds is 4. The zero-order valence-electron chi connectivity index (χ0n) is 39.8. The smallest absolute Gasteiger partial charge is 0.200 e. The van der Waals surface area contributed by atoms with Gasteiger partial charge < -0.3 is 18.9 Å². The molecular weight excluding hydrogens is 1090 g/mol. The molecule has 2 aromatic heterocycles. The minimum absolute atomic E-state index is 0.220. The van der Waals surface area contributed by atoms with Crippen LogP contribution >= 0.6 is 0 Å². The molecule has 26 heteroatoms. The summed E-state index contributed by atoms with van der Waals surface area (Å²) in [7, 11) is 6.06. The molecular formula is C52H30F20N6+2. The summed E-state index contributed by atoms with van der Waals surface area (Å²) in [4.78, 5) is 13.9. The molecule has 7 heterocycles. The average Bonchev–Trinajstić information content (AvgIpc) is 4.39. The maximum Gasteiger partial charge on any atom is 0.200 e. The summed E-state index contributed by atoms with van der Waals surface area (Å²) in [6.45, 7) is -1.13. The lowest BCUT2D eigenvalue weighted by molar-refractivity contribution is -0.879. The van der Waals surface area contributed by atoms with E-state index in [9.17, 15) is 17.6 Å². The van der Waals surface area contributed by atoms with Crippen LogP contribution in [0.15, 0.2) is 12.1 Å². The number of aromatic amines is 2. The molecule has 5 aliphatic rings. The minimum Gasteiger partial charge on any atom is -0.360 e. The lowest BCUT2D eigenvalue weighted by Crippen LogP contribution is -2.37. The van der Waals surface area contributed by atoms with E-state index in [1.807, 2.05) is 0 Å². The third kappa shape index (κ3) is 7.32. The summed E-state index contributed by atoms with van der Waals surface area (Å²) in [5.41, 5.74) is -18.0. The summed E-state index contributed by atoms with van der Waals surface area (Å²) in [5.74, 6) is -57.4. The van der Waals surface area contributed by atoms with Gasteiger partial charge in [0.1, 0.15) is 0 Å². The lowest BCUT2D eigenvalue weighted by Gasteiger charge is -2.25. The Bertz CT molecular complexity index is 3870. The number of hydrogen-bond donors (Lipinski definition) is 2. The molecule has 0 saturated carbocycles. The Hall–Kier alpha value is -7.48. The minimum atomic E-state index is -2.70. The zero-order chi connectivity index (χ0) is 56.6. The molecule has 2 fully saturated rings. The van der Waals surface area contributed by atoms with Gasteiger partial charge in [0.05, 0.1) is 123 Å². The summed E-state index contributed by atoms with van der Waals surface area (Å²) in [5, 5.41) is 0. The summed E-state index contributed by atoms with van der Waals surface area (Å²) < 4.78 is 315. The van der Waals surface area contributed by atoms with Crippen LogP contribution in [0.25, 0.3) is 67.7 Å². The Kier molecular flexibility index (Phi) is 11.8. The topological polar surface area (TPSA) is 57.4 Å². The van der Waals surface area contributed by atoms with Crippen molar-refractivity contribution in [1.82, 2.24) is 19.9 Å². The molecule has 4 atom stereocenters. The van der Waals surface area contributed by atoms with Crippen LogP contribution in [0.1, 0.15) is 57.8 Å². The van der Waals surface area contributed by atoms with Gasteiger partial charge in [-0.05, 0) is 24.3 Å². The van der Waals surface area contributed by atoms with E-state index in [0.29, 0.717) is 18.2 Å². The van der Waals surface area contributed by atoms with Gasteiger partial charge in [-0.1, -0.05) is 0 Å². The van der Waals surface area contributed by atoms with Crippen molar-refractivity contribution < 1.29 is 96.8 Å². The number of quaternary nitrogens is 2. The molecule has 11 rings (SSSR count). The van der Waals surface area contributed by atoms with Gasteiger partial charge in [0.2, 0.25) is 23.3 Å². The van der Waals surface area contributed by atoms with Gasteiger partial charge in [-0.2, -0.15) is 0 Å². The molecule has 0 amide bonds. The number of H-pyrrole nitrogens is 2. The summed E-state index contributed by atoms with van der Waals surface area (Å²) in [6.07, 6.45) is 1.39. The highest BCUT2D eigenvalue weighted by Gasteiger charge is 2.54. The van der Waals surface area contributed by atoms with Gasteiger partial charge in [0, 0.05) is 44.7 Å². The fraction of sp³-hybridized carbons (Fsp3) is 0.231. The fourth-order valence-electron chi connectivity index (χ4n) is 11.8. The van der Waals surface area contributed by atoms with Gasteiger partial charge >= 0.3 is 0 Å². The van der Waals surface area contributed by atoms with Crippen molar-refractivity contribution in [3.05, 3.63) is 163 Å². The first kappa shape index (κ1) is 52.6. The molecule has 406 valence electrons. The molecule has 8 bridgehead atoms. The molecule has 0 unspecified atom stereocenters. The number of benzene rings is 4. The number of fused-ring (bicyclic) bond motifs is 14. The Labute approximate surface area is 424 Å². The first-order valence-corrected chi connectivity index (χ1v) is 23.0. The van der Waals surface area contributed by atoms with Crippen molar-refractivity contribution in [1.29, 1.82) is 0 Å². The zero-order valence-corrected chi connectivity index (χ0v) is 39.8. The molecule has 0 radical (unpaired) electrons. The highest BCUT2D eigenvalue weighted by Crippen LogP contribution is 2.57. The summed E-state index contributed by atoms with van der Waals surface area (Å²) in [6, 6.07) is 1.45. The van der Waals surface area contributed by atoms with Crippen LogP contribution in [0.3, 0.4) is 0 Å². The van der Waals surface area contributed by atoms with Crippen LogP contribution in [-0.4, -0.2) is 83.3 Å². The number of nitrogens with zero attached hydrogens (tertiary/aromatic N) is 4. The molecule has 2 saturated heterocycles. The van der Waals surface area contributed by atoms with Gasteiger partial charge in [-0.3, -0.25) is 4.98 Å². The molecule has 2 N–H and O–H groups in total. The van der Waals surface area contributed by atoms with Crippen LogP contribution in [0.2, 0.25) is 0 Å². The van der Waals surface area contributed by atoms with Crippen LogP contribution in [0.4, 0.5) is 87.8 Å². The van der Waals surface area contributed by atoms with Crippen molar-refractivity contribution >= 4 is 23.2 Å². The van der Waals surface area contributed by atoms with Gasteiger partial charge in [-0.25, -0.2) is 92.8 Å². The molecule has 78 heavy (non-hydrogen) atoms. The SMILES string of the molecule is C[N+]1(C)C[C@@H]2c3nc(c(-c4c(F)c(F)c(F)c(F)c4F)c4[nH]c(c(-c5c(F)c(F)c(F)c(F)c5F)c5nc(c(-c6c(F)c(F)c(F)c(F)c6F)c6ccc([nH]6)c3-c3c(F)c(F)c(F)c(F)c3F)C=C5)[C@H]3C[N+](C)(C)C[C@@H]43)[C@@H]2C1. The van der Waals surface area contributed by atoms with Gasteiger partial charge in [-0.15, -0.1) is 0 Å². The number of halogens is 20. The van der Waals surface area contributed by atoms with Crippen molar-refractivity contribution in [3.63, 3.8) is 0 Å². The van der Waals surface area contributed by atoms with Crippen molar-refractivity contribution in [2.24, 2.45) is 0 Å². The van der Waals surface area contributed by atoms with E-state index in [2.05, 4.69) is 19.9 Å². The van der Waals surface area contributed by atoms with Gasteiger partial charge in [0.15, 0.2) is 93.1 Å². The maximum atomic E-state index is 16.8. The highest BCUT2D eigenvalue weighted by molar-refractivity contribution is 5.95. The number of aromatic nitrogens is 4. The number of likely N-dealkylation sites (tertiary alicyclic amines) is 2. The molecule has 4 aromatic carbocycles. The van der Waals surface area contributed by atoms with Crippen molar-refractivity contribution in [2.75, 3.05) is 54.4 Å². The van der Waals surface area contributed by atoms with E-state index in [1.54, 1.807) is 0 Å². The molecule has 0 spiro atoms. The Morgan fingerprint density at radius 3 is 0.962 bits per heavy atom. The molecule has 5 aliphatic heterocycles. The normalized spacial score (nSPS) is 19.5. The molecule has 6 nitrogen and oxygen atoms in total. The maximum absolute atomic E-state index is 16.8. The quantitative estimate of drug-likeness (QED) is 0.0799. The Morgan fingerprint density at radius 2 is 0.577 bits per heavy atom. The number of likely N-dealkylation sites (N-methyl/N-ethyl adjacent to an activating group) is 2. The van der Waals surface area contributed by atoms with Crippen LogP contribution in [0.5, 0.6) is 0 Å². The third-order valence-corrected chi connectivity index (χ3v) is 15.0. The monoisotopic (exact) mass is 1120 g/mol. The predicted molar refractivity (Wildman–Crippen MR) is 237 cm³/mol. The second kappa shape index (κ2) is 17.5. The largest absolute Gasteiger partial charge is 0.360 e. The second-order valence-corrected chi connectivity index (χ2v) is 20.6. The Morgan fingerprint density at radius 1 is 0.308 bits per heavy atom. The Balaban J connectivity index is 1.49. The lowest BCUT2D eigenvalue weighted by atomic mass is 9.83. The van der Waals surface area contributed by atoms with Gasteiger partial charge in [0.25, 0.3) is 0 Å². The van der Waals surface area contributed by atoms with Crippen molar-refractivity contribution in [2.45, 2.75) is 23.7 Å². The average molecular weight is 1120 g/mol. The van der Waals surface area contributed by atoms with E-state index < -0.39 is 230 Å². The number of hydrogen-bond acceptors (Lipinski definition) is 2. The molecule has 6 aromatic rings. The second-order valence-electron chi connectivity index (χ2n) is 20.6. The molecule has 0 aliphatic carbocycles. The van der Waals surface area contributed by atoms with E-state index in [1.165, 1.54) is 28.2 Å². The van der Waals surface area contributed by atoms with E-state index in [-0.39, 0.29) is 35.1 Å². The first-order chi connectivity index (χ1) is 36.5. The third-order valence-electron chi connectivity index (χ3n) is 15.0. The van der Waals surface area contributed by atoms with Crippen LogP contribution in [-0.2, 0) is 0 Å². The fourth-order valence-corrected chi connectivity index (χ4v) is 11.8.